The van der Waals surface area contributed by atoms with Crippen molar-refractivity contribution in [2.24, 2.45) is 0 Å². The molecule has 0 bridgehead atoms. The number of carbonyl (C=O) groups is 1. The summed E-state index contributed by atoms with van der Waals surface area (Å²) < 4.78 is 1.64. The zero-order chi connectivity index (χ0) is 12.3. The predicted molar refractivity (Wildman–Crippen MR) is 66.2 cm³/mol. The van der Waals surface area contributed by atoms with Crippen molar-refractivity contribution in [1.82, 2.24) is 9.88 Å². The van der Waals surface area contributed by atoms with Crippen LogP contribution in [0.15, 0.2) is 18.3 Å². The standard InChI is InChI=1S/C8H12N2O.2C2H6/c1-7(11)10-5-3-4-8(10)6-9-2;2*1-2/h3-5,9H,6H2,1-2H3;2*1-2H3. The molecule has 88 valence electrons. The average Bonchev–Trinajstić information content (AvgIpc) is 2.73. The minimum Gasteiger partial charge on any atom is -0.314 e. The number of carbonyl (C=O) groups excluding carboxylic acids is 1. The maximum absolute atomic E-state index is 10.9. The summed E-state index contributed by atoms with van der Waals surface area (Å²) >= 11 is 0. The summed E-state index contributed by atoms with van der Waals surface area (Å²) in [5.41, 5.74) is 1.00. The number of nitrogens with zero attached hydrogens (tertiary/aromatic N) is 1. The molecule has 0 spiro atoms. The van der Waals surface area contributed by atoms with Crippen LogP contribution in [0.2, 0.25) is 0 Å². The van der Waals surface area contributed by atoms with Gasteiger partial charge in [-0.1, -0.05) is 27.7 Å². The van der Waals surface area contributed by atoms with E-state index in [9.17, 15) is 4.79 Å². The fraction of sp³-hybridized carbons (Fsp3) is 0.583. The van der Waals surface area contributed by atoms with Crippen LogP contribution in [-0.4, -0.2) is 17.5 Å². The van der Waals surface area contributed by atoms with Gasteiger partial charge in [-0.3, -0.25) is 9.36 Å². The fourth-order valence-corrected chi connectivity index (χ4v) is 1.05. The van der Waals surface area contributed by atoms with Gasteiger partial charge in [0.25, 0.3) is 0 Å². The van der Waals surface area contributed by atoms with Gasteiger partial charge < -0.3 is 5.32 Å². The zero-order valence-corrected chi connectivity index (χ0v) is 10.8. The first kappa shape index (κ1) is 16.3. The topological polar surface area (TPSA) is 34.0 Å². The fourth-order valence-electron chi connectivity index (χ4n) is 1.05. The second kappa shape index (κ2) is 11.0. The first-order valence-corrected chi connectivity index (χ1v) is 5.57. The third-order valence-electron chi connectivity index (χ3n) is 1.53. The van der Waals surface area contributed by atoms with Crippen molar-refractivity contribution in [3.63, 3.8) is 0 Å². The van der Waals surface area contributed by atoms with Crippen LogP contribution in [0.3, 0.4) is 0 Å². The quantitative estimate of drug-likeness (QED) is 0.818. The Morgan fingerprint density at radius 3 is 2.27 bits per heavy atom. The summed E-state index contributed by atoms with van der Waals surface area (Å²) in [6.07, 6.45) is 1.77. The molecule has 15 heavy (non-hydrogen) atoms. The number of rotatable bonds is 2. The largest absolute Gasteiger partial charge is 0.314 e. The van der Waals surface area contributed by atoms with E-state index in [4.69, 9.17) is 0 Å². The molecular formula is C12H24N2O. The highest BCUT2D eigenvalue weighted by Gasteiger charge is 2.01. The third kappa shape index (κ3) is 6.07. The summed E-state index contributed by atoms with van der Waals surface area (Å²) in [6, 6.07) is 3.80. The Morgan fingerprint density at radius 1 is 1.33 bits per heavy atom. The molecule has 3 heteroatoms. The van der Waals surface area contributed by atoms with Crippen LogP contribution in [0.4, 0.5) is 0 Å². The Hall–Kier alpha value is -1.09. The van der Waals surface area contributed by atoms with Crippen molar-refractivity contribution in [2.45, 2.75) is 41.2 Å². The van der Waals surface area contributed by atoms with Crippen LogP contribution >= 0.6 is 0 Å². The Labute approximate surface area is 93.5 Å². The first-order valence-electron chi connectivity index (χ1n) is 5.57. The maximum Gasteiger partial charge on any atom is 0.227 e. The second-order valence-corrected chi connectivity index (χ2v) is 2.42. The predicted octanol–water partition coefficient (Wildman–Crippen LogP) is 2.92. The molecule has 0 unspecified atom stereocenters. The van der Waals surface area contributed by atoms with Gasteiger partial charge in [-0.2, -0.15) is 0 Å². The molecule has 1 N–H and O–H groups in total. The zero-order valence-electron chi connectivity index (χ0n) is 10.8. The maximum atomic E-state index is 10.9. The molecule has 0 saturated carbocycles. The molecule has 0 aromatic carbocycles. The lowest BCUT2D eigenvalue weighted by Gasteiger charge is -2.02. The average molecular weight is 212 g/mol. The van der Waals surface area contributed by atoms with Gasteiger partial charge in [-0.15, -0.1) is 0 Å². The van der Waals surface area contributed by atoms with E-state index in [1.807, 2.05) is 46.9 Å². The molecule has 0 amide bonds. The van der Waals surface area contributed by atoms with Gasteiger partial charge in [0.15, 0.2) is 0 Å². The lowest BCUT2D eigenvalue weighted by atomic mass is 10.4. The van der Waals surface area contributed by atoms with Crippen LogP contribution in [0.25, 0.3) is 0 Å². The number of nitrogens with one attached hydrogen (secondary N) is 1. The van der Waals surface area contributed by atoms with E-state index in [0.29, 0.717) is 0 Å². The Balaban J connectivity index is 0. The monoisotopic (exact) mass is 212 g/mol. The van der Waals surface area contributed by atoms with Gasteiger partial charge in [-0.25, -0.2) is 0 Å². The van der Waals surface area contributed by atoms with Gasteiger partial charge in [-0.05, 0) is 19.2 Å². The second-order valence-electron chi connectivity index (χ2n) is 2.42. The molecule has 0 aliphatic heterocycles. The lowest BCUT2D eigenvalue weighted by Crippen LogP contribution is -2.14. The van der Waals surface area contributed by atoms with E-state index in [-0.39, 0.29) is 5.91 Å². The van der Waals surface area contributed by atoms with E-state index in [0.717, 1.165) is 12.2 Å². The third-order valence-corrected chi connectivity index (χ3v) is 1.53. The van der Waals surface area contributed by atoms with Gasteiger partial charge in [0.2, 0.25) is 5.91 Å². The highest BCUT2D eigenvalue weighted by atomic mass is 16.1. The molecule has 1 aromatic heterocycles. The van der Waals surface area contributed by atoms with Crippen LogP contribution in [0, 0.1) is 0 Å². The normalized spacial score (nSPS) is 8.13. The number of hydrogen-bond donors (Lipinski definition) is 1. The smallest absolute Gasteiger partial charge is 0.227 e. The van der Waals surface area contributed by atoms with Crippen molar-refractivity contribution in [1.29, 1.82) is 0 Å². The summed E-state index contributed by atoms with van der Waals surface area (Å²) in [4.78, 5) is 10.9. The summed E-state index contributed by atoms with van der Waals surface area (Å²) in [7, 11) is 1.86. The highest BCUT2D eigenvalue weighted by Crippen LogP contribution is 2.00. The van der Waals surface area contributed by atoms with Crippen molar-refractivity contribution in [3.05, 3.63) is 24.0 Å². The van der Waals surface area contributed by atoms with Crippen molar-refractivity contribution in [2.75, 3.05) is 7.05 Å². The molecule has 0 saturated heterocycles. The van der Waals surface area contributed by atoms with E-state index in [1.54, 1.807) is 17.7 Å². The van der Waals surface area contributed by atoms with Crippen molar-refractivity contribution >= 4 is 5.91 Å². The van der Waals surface area contributed by atoms with Gasteiger partial charge in [0, 0.05) is 25.4 Å². The molecule has 0 atom stereocenters. The molecular weight excluding hydrogens is 188 g/mol. The molecule has 0 fully saturated rings. The molecule has 1 rings (SSSR count). The van der Waals surface area contributed by atoms with E-state index < -0.39 is 0 Å². The van der Waals surface area contributed by atoms with Crippen LogP contribution in [-0.2, 0) is 6.54 Å². The van der Waals surface area contributed by atoms with Gasteiger partial charge >= 0.3 is 0 Å². The first-order chi connectivity index (χ1) is 7.25. The van der Waals surface area contributed by atoms with E-state index in [2.05, 4.69) is 5.32 Å². The van der Waals surface area contributed by atoms with E-state index >= 15 is 0 Å². The molecule has 0 radical (unpaired) electrons. The van der Waals surface area contributed by atoms with Crippen LogP contribution in [0.1, 0.15) is 45.1 Å². The lowest BCUT2D eigenvalue weighted by molar-refractivity contribution is 0.0933. The highest BCUT2D eigenvalue weighted by molar-refractivity contribution is 5.77. The van der Waals surface area contributed by atoms with Crippen LogP contribution in [0.5, 0.6) is 0 Å². The Bertz CT molecular complexity index is 254. The van der Waals surface area contributed by atoms with Crippen LogP contribution < -0.4 is 5.32 Å². The SMILES string of the molecule is CC.CC.CNCc1cccn1C(C)=O. The Kier molecular flexibility index (Phi) is 12.0. The summed E-state index contributed by atoms with van der Waals surface area (Å²) in [5.74, 6) is 0.0558. The molecule has 1 aromatic rings. The molecule has 0 aliphatic carbocycles. The van der Waals surface area contributed by atoms with E-state index in [1.165, 1.54) is 0 Å². The summed E-state index contributed by atoms with van der Waals surface area (Å²) in [6.45, 7) is 10.3. The molecule has 0 aliphatic rings. The minimum absolute atomic E-state index is 0.0558. The van der Waals surface area contributed by atoms with Crippen molar-refractivity contribution in [3.8, 4) is 0 Å². The molecule has 3 nitrogen and oxygen atoms in total. The molecule has 1 heterocycles. The minimum atomic E-state index is 0.0558. The number of aromatic nitrogens is 1. The Morgan fingerprint density at radius 2 is 1.87 bits per heavy atom. The van der Waals surface area contributed by atoms with Gasteiger partial charge in [0.1, 0.15) is 0 Å². The van der Waals surface area contributed by atoms with Gasteiger partial charge in [0.05, 0.1) is 0 Å². The number of hydrogen-bond acceptors (Lipinski definition) is 2. The summed E-state index contributed by atoms with van der Waals surface area (Å²) in [5, 5.41) is 2.99. The van der Waals surface area contributed by atoms with Crippen molar-refractivity contribution < 1.29 is 4.79 Å².